The Kier molecular flexibility index (Phi) is 5.02. The predicted molar refractivity (Wildman–Crippen MR) is 97.7 cm³/mol. The third-order valence-corrected chi connectivity index (χ3v) is 4.66. The van der Waals surface area contributed by atoms with E-state index in [1.807, 2.05) is 37.4 Å². The summed E-state index contributed by atoms with van der Waals surface area (Å²) in [4.78, 5) is 0. The minimum atomic E-state index is 0.857. The number of rotatable bonds is 2. The zero-order valence-corrected chi connectivity index (χ0v) is 15.5. The molecule has 0 atom stereocenters. The Morgan fingerprint density at radius 2 is 1.57 bits per heavy atom. The first kappa shape index (κ1) is 16.1. The van der Waals surface area contributed by atoms with E-state index in [1.165, 1.54) is 11.1 Å². The molecule has 118 valence electrons. The molecule has 0 spiro atoms. The van der Waals surface area contributed by atoms with Crippen LogP contribution in [0.25, 0.3) is 22.1 Å². The number of halogens is 2. The summed E-state index contributed by atoms with van der Waals surface area (Å²) in [5.41, 5.74) is 6.29. The topological polar surface area (TPSA) is 72.3 Å². The summed E-state index contributed by atoms with van der Waals surface area (Å²) >= 11 is 6.77. The van der Waals surface area contributed by atoms with E-state index in [0.29, 0.717) is 0 Å². The van der Waals surface area contributed by atoms with Gasteiger partial charge in [-0.2, -0.15) is 15.4 Å². The molecule has 8 heteroatoms. The van der Waals surface area contributed by atoms with E-state index < -0.39 is 0 Å². The molecule has 2 aromatic heterocycles. The molecule has 0 aliphatic rings. The van der Waals surface area contributed by atoms with Crippen molar-refractivity contribution in [2.24, 2.45) is 7.05 Å². The van der Waals surface area contributed by atoms with E-state index in [1.54, 1.807) is 4.68 Å². The number of aryl methyl sites for hydroxylation is 1. The molecule has 0 aliphatic heterocycles. The number of nitrogens with zero attached hydrogens (tertiary/aromatic N) is 5. The maximum absolute atomic E-state index is 4.02. The minimum Gasteiger partial charge on any atom is -0.248 e. The second-order valence-electron chi connectivity index (χ2n) is 4.95. The Morgan fingerprint density at radius 3 is 2.30 bits per heavy atom. The highest BCUT2D eigenvalue weighted by Gasteiger charge is 2.00. The van der Waals surface area contributed by atoms with Crippen LogP contribution in [0.15, 0.2) is 36.4 Å². The zero-order chi connectivity index (χ0) is 16.2. The Morgan fingerprint density at radius 1 is 0.913 bits per heavy atom. The Bertz CT molecular complexity index is 930. The third-order valence-electron chi connectivity index (χ3n) is 3.36. The molecule has 2 aromatic carbocycles. The van der Waals surface area contributed by atoms with Crippen molar-refractivity contribution in [1.29, 1.82) is 0 Å². The van der Waals surface area contributed by atoms with Gasteiger partial charge in [-0.05, 0) is 35.4 Å². The molecule has 0 fully saturated rings. The summed E-state index contributed by atoms with van der Waals surface area (Å²) in [6.45, 7) is 0. The van der Waals surface area contributed by atoms with Gasteiger partial charge in [0, 0.05) is 17.7 Å². The minimum absolute atomic E-state index is 0.857. The van der Waals surface area contributed by atoms with E-state index in [0.717, 1.165) is 32.7 Å². The maximum atomic E-state index is 4.02. The Balaban J connectivity index is 0.000000136. The lowest BCUT2D eigenvalue weighted by molar-refractivity contribution is 0.736. The van der Waals surface area contributed by atoms with Gasteiger partial charge in [0.25, 0.3) is 0 Å². The molecule has 1 N–H and O–H groups in total. The second-order valence-corrected chi connectivity index (χ2v) is 6.07. The first-order chi connectivity index (χ1) is 11.2. The average Bonchev–Trinajstić information content (AvgIpc) is 3.21. The number of benzene rings is 2. The van der Waals surface area contributed by atoms with Crippen LogP contribution in [0.5, 0.6) is 0 Å². The van der Waals surface area contributed by atoms with Crippen LogP contribution >= 0.6 is 31.9 Å². The van der Waals surface area contributed by atoms with Crippen LogP contribution in [0, 0.1) is 0 Å². The normalized spacial score (nSPS) is 10.7. The van der Waals surface area contributed by atoms with E-state index in [4.69, 9.17) is 0 Å². The number of fused-ring (bicyclic) bond motifs is 2. The van der Waals surface area contributed by atoms with Crippen molar-refractivity contribution >= 4 is 53.9 Å². The van der Waals surface area contributed by atoms with Gasteiger partial charge in [-0.3, -0.25) is 0 Å². The molecular weight excluding hydrogens is 424 g/mol. The van der Waals surface area contributed by atoms with E-state index in [-0.39, 0.29) is 0 Å². The molecule has 4 rings (SSSR count). The standard InChI is InChI=1S/C8H8BrN3.C7H6BrN3/c1-12-8-3-2-6(5-9)4-7(8)10-11-12;8-4-5-1-2-6-7(3-5)10-11-9-6/h2-4H,5H2,1H3;1-3H,4H2,(H,9,10,11). The molecule has 0 unspecified atom stereocenters. The molecule has 2 heterocycles. The quantitative estimate of drug-likeness (QED) is 0.485. The molecule has 6 nitrogen and oxygen atoms in total. The predicted octanol–water partition coefficient (Wildman–Crippen LogP) is 3.72. The van der Waals surface area contributed by atoms with Gasteiger partial charge in [-0.25, -0.2) is 4.68 Å². The van der Waals surface area contributed by atoms with Gasteiger partial charge in [-0.15, -0.1) is 5.10 Å². The largest absolute Gasteiger partial charge is 0.248 e. The molecule has 4 aromatic rings. The summed E-state index contributed by atoms with van der Waals surface area (Å²) in [5, 5.41) is 20.1. The fraction of sp³-hybridized carbons (Fsp3) is 0.200. The summed E-state index contributed by atoms with van der Waals surface area (Å²) in [5.74, 6) is 0. The Labute approximate surface area is 149 Å². The number of hydrogen-bond donors (Lipinski definition) is 1. The van der Waals surface area contributed by atoms with E-state index in [9.17, 15) is 0 Å². The van der Waals surface area contributed by atoms with Crippen LogP contribution in [-0.4, -0.2) is 30.4 Å². The summed E-state index contributed by atoms with van der Waals surface area (Å²) in [7, 11) is 1.89. The molecule has 0 bridgehead atoms. The van der Waals surface area contributed by atoms with Crippen LogP contribution in [0.1, 0.15) is 11.1 Å². The molecule has 0 radical (unpaired) electrons. The first-order valence-corrected chi connectivity index (χ1v) is 9.15. The summed E-state index contributed by atoms with van der Waals surface area (Å²) < 4.78 is 1.77. The number of hydrogen-bond acceptors (Lipinski definition) is 4. The highest BCUT2D eigenvalue weighted by molar-refractivity contribution is 9.08. The fourth-order valence-electron chi connectivity index (χ4n) is 2.14. The van der Waals surface area contributed by atoms with Gasteiger partial charge in [0.2, 0.25) is 0 Å². The average molecular weight is 438 g/mol. The molecule has 0 aliphatic carbocycles. The van der Waals surface area contributed by atoms with Gasteiger partial charge < -0.3 is 0 Å². The Hall–Kier alpha value is -1.80. The lowest BCUT2D eigenvalue weighted by atomic mass is 10.2. The van der Waals surface area contributed by atoms with Gasteiger partial charge in [-0.1, -0.05) is 49.2 Å². The first-order valence-electron chi connectivity index (χ1n) is 6.91. The van der Waals surface area contributed by atoms with Crippen molar-refractivity contribution < 1.29 is 0 Å². The van der Waals surface area contributed by atoms with Crippen molar-refractivity contribution in [3.8, 4) is 0 Å². The molecule has 0 saturated carbocycles. The summed E-state index contributed by atoms with van der Waals surface area (Å²) in [6.07, 6.45) is 0. The third kappa shape index (κ3) is 3.59. The van der Waals surface area contributed by atoms with Crippen LogP contribution < -0.4 is 0 Å². The van der Waals surface area contributed by atoms with Gasteiger partial charge in [0.15, 0.2) is 0 Å². The van der Waals surface area contributed by atoms with Crippen LogP contribution in [0.2, 0.25) is 0 Å². The number of aromatic amines is 1. The van der Waals surface area contributed by atoms with Crippen LogP contribution in [0.3, 0.4) is 0 Å². The van der Waals surface area contributed by atoms with Crippen LogP contribution in [-0.2, 0) is 17.7 Å². The number of aromatic nitrogens is 6. The number of H-pyrrole nitrogens is 1. The lowest BCUT2D eigenvalue weighted by Crippen LogP contribution is -1.88. The number of nitrogens with one attached hydrogen (secondary N) is 1. The van der Waals surface area contributed by atoms with Crippen molar-refractivity contribution in [2.45, 2.75) is 10.7 Å². The van der Waals surface area contributed by atoms with Crippen LogP contribution in [0.4, 0.5) is 0 Å². The van der Waals surface area contributed by atoms with Gasteiger partial charge in [0.1, 0.15) is 16.6 Å². The van der Waals surface area contributed by atoms with E-state index >= 15 is 0 Å². The molecular formula is C15H14Br2N6. The second kappa shape index (κ2) is 7.18. The smallest absolute Gasteiger partial charge is 0.113 e. The van der Waals surface area contributed by atoms with Crippen molar-refractivity contribution in [1.82, 2.24) is 30.4 Å². The monoisotopic (exact) mass is 436 g/mol. The summed E-state index contributed by atoms with van der Waals surface area (Å²) in [6, 6.07) is 12.1. The molecule has 0 amide bonds. The zero-order valence-electron chi connectivity index (χ0n) is 12.4. The van der Waals surface area contributed by atoms with Crippen molar-refractivity contribution in [3.05, 3.63) is 47.5 Å². The highest BCUT2D eigenvalue weighted by atomic mass is 79.9. The fourth-order valence-corrected chi connectivity index (χ4v) is 2.84. The lowest BCUT2D eigenvalue weighted by Gasteiger charge is -1.94. The SMILES string of the molecule is BrCc1ccc2n[nH]nc2c1.Cn1nnc2cc(CBr)ccc21. The number of alkyl halides is 2. The van der Waals surface area contributed by atoms with Gasteiger partial charge >= 0.3 is 0 Å². The van der Waals surface area contributed by atoms with Gasteiger partial charge in [0.05, 0.1) is 5.52 Å². The van der Waals surface area contributed by atoms with Crippen molar-refractivity contribution in [2.75, 3.05) is 0 Å². The molecule has 23 heavy (non-hydrogen) atoms. The van der Waals surface area contributed by atoms with Crippen molar-refractivity contribution in [3.63, 3.8) is 0 Å². The highest BCUT2D eigenvalue weighted by Crippen LogP contribution is 2.14. The molecule has 0 saturated heterocycles. The maximum Gasteiger partial charge on any atom is 0.113 e. The van der Waals surface area contributed by atoms with E-state index in [2.05, 4.69) is 63.6 Å².